The van der Waals surface area contributed by atoms with Crippen molar-refractivity contribution in [2.75, 3.05) is 18.0 Å². The van der Waals surface area contributed by atoms with Gasteiger partial charge in [0, 0.05) is 19.6 Å². The number of carbonyl (C=O) groups is 3. The van der Waals surface area contributed by atoms with Crippen LogP contribution in [0.2, 0.25) is 0 Å². The van der Waals surface area contributed by atoms with Crippen molar-refractivity contribution in [2.45, 2.75) is 20.4 Å². The Balaban J connectivity index is 0.000000269. The fourth-order valence-corrected chi connectivity index (χ4v) is 4.42. The van der Waals surface area contributed by atoms with E-state index < -0.39 is 11.9 Å². The Morgan fingerprint density at radius 3 is 2.28 bits per heavy atom. The van der Waals surface area contributed by atoms with Crippen LogP contribution in [0.15, 0.2) is 30.5 Å². The van der Waals surface area contributed by atoms with E-state index in [1.165, 1.54) is 34.6 Å². The number of urea groups is 1. The van der Waals surface area contributed by atoms with Crippen LogP contribution < -0.4 is 4.90 Å². The molecule has 0 spiro atoms. The van der Waals surface area contributed by atoms with E-state index in [9.17, 15) is 18.8 Å². The van der Waals surface area contributed by atoms with Gasteiger partial charge in [-0.05, 0) is 31.5 Å². The summed E-state index contributed by atoms with van der Waals surface area (Å²) in [4.78, 5) is 45.3. The van der Waals surface area contributed by atoms with Crippen LogP contribution in [0.1, 0.15) is 35.6 Å². The average molecular weight is 479 g/mol. The highest BCUT2D eigenvalue weighted by molar-refractivity contribution is 7.17. The fraction of sp³-hybridized carbons (Fsp3) is 0.250. The number of carboxylic acids is 2. The maximum Gasteiger partial charge on any atom is 0.347 e. The van der Waals surface area contributed by atoms with Crippen molar-refractivity contribution in [3.8, 4) is 0 Å². The van der Waals surface area contributed by atoms with Crippen LogP contribution in [-0.2, 0) is 6.54 Å². The van der Waals surface area contributed by atoms with Crippen molar-refractivity contribution in [3.63, 3.8) is 0 Å². The molecule has 0 aliphatic carbocycles. The second-order valence-electron chi connectivity index (χ2n) is 6.75. The lowest BCUT2D eigenvalue weighted by Crippen LogP contribution is -2.31. The van der Waals surface area contributed by atoms with E-state index >= 15 is 0 Å². The molecule has 0 atom stereocenters. The third kappa shape index (κ3) is 5.45. The number of aromatic nitrogens is 2. The van der Waals surface area contributed by atoms with Crippen molar-refractivity contribution in [2.24, 2.45) is 0 Å². The summed E-state index contributed by atoms with van der Waals surface area (Å²) in [5.41, 5.74) is 1.24. The lowest BCUT2D eigenvalue weighted by Gasteiger charge is -2.16. The molecule has 1 aliphatic rings. The molecule has 2 amide bonds. The van der Waals surface area contributed by atoms with Gasteiger partial charge in [-0.25, -0.2) is 28.7 Å². The Labute approximate surface area is 190 Å². The number of carboxylic acid groups (broad SMARTS) is 2. The molecule has 1 aliphatic heterocycles. The van der Waals surface area contributed by atoms with Gasteiger partial charge in [-0.15, -0.1) is 11.3 Å². The van der Waals surface area contributed by atoms with Crippen LogP contribution in [-0.4, -0.2) is 56.1 Å². The number of rotatable bonds is 5. The second-order valence-corrected chi connectivity index (χ2v) is 8.96. The van der Waals surface area contributed by atoms with E-state index in [0.29, 0.717) is 35.3 Å². The zero-order valence-corrected chi connectivity index (χ0v) is 18.7. The first kappa shape index (κ1) is 23.3. The first-order valence-corrected chi connectivity index (χ1v) is 11.0. The summed E-state index contributed by atoms with van der Waals surface area (Å²) in [5.74, 6) is -2.26. The van der Waals surface area contributed by atoms with E-state index in [1.54, 1.807) is 30.9 Å². The lowest BCUT2D eigenvalue weighted by molar-refractivity contribution is 0.0690. The molecule has 1 aromatic carbocycles. The van der Waals surface area contributed by atoms with Gasteiger partial charge < -0.3 is 15.1 Å². The molecule has 168 valence electrons. The molecule has 1 fully saturated rings. The Kier molecular flexibility index (Phi) is 7.15. The molecule has 0 unspecified atom stereocenters. The van der Waals surface area contributed by atoms with E-state index in [4.69, 9.17) is 10.2 Å². The molecular weight excluding hydrogens is 459 g/mol. The van der Waals surface area contributed by atoms with Gasteiger partial charge in [0.2, 0.25) is 0 Å². The number of halogens is 1. The number of carbonyl (C=O) groups excluding carboxylic acids is 1. The topological polar surface area (TPSA) is 124 Å². The number of aryl methyl sites for hydroxylation is 2. The van der Waals surface area contributed by atoms with Gasteiger partial charge in [-0.3, -0.25) is 4.90 Å². The third-order valence-electron chi connectivity index (χ3n) is 4.42. The maximum atomic E-state index is 12.9. The lowest BCUT2D eigenvalue weighted by atomic mass is 10.2. The number of nitrogens with zero attached hydrogens (tertiary/aromatic N) is 4. The summed E-state index contributed by atoms with van der Waals surface area (Å²) in [6.07, 6.45) is 1.36. The summed E-state index contributed by atoms with van der Waals surface area (Å²) in [6.45, 7) is 4.73. The Morgan fingerprint density at radius 2 is 1.78 bits per heavy atom. The standard InChI is InChI=1S/C15H14FN3O3S.C5H5NO2S/c1-9-12(13(20)21)23-14(17-9)19-7-6-18(15(19)22)8-10-2-4-11(16)5-3-10;1-3-6-2-4(9-3)5(7)8/h2-5H,6-8H2,1H3,(H,20,21);2H,1H3,(H,7,8). The first-order chi connectivity index (χ1) is 15.2. The SMILES string of the molecule is Cc1nc(N2CCN(Cc3ccc(F)cc3)C2=O)sc1C(=O)O.Cc1ncc(C(=O)O)s1. The quantitative estimate of drug-likeness (QED) is 0.570. The molecule has 1 saturated heterocycles. The Bertz CT molecular complexity index is 1150. The highest BCUT2D eigenvalue weighted by Gasteiger charge is 2.32. The average Bonchev–Trinajstić information content (AvgIpc) is 3.43. The second kappa shape index (κ2) is 9.83. The van der Waals surface area contributed by atoms with Crippen molar-refractivity contribution in [3.05, 3.63) is 62.3 Å². The monoisotopic (exact) mass is 478 g/mol. The van der Waals surface area contributed by atoms with Crippen LogP contribution in [0.3, 0.4) is 0 Å². The van der Waals surface area contributed by atoms with Crippen LogP contribution in [0, 0.1) is 19.7 Å². The number of hydrogen-bond donors (Lipinski definition) is 2. The minimum Gasteiger partial charge on any atom is -0.477 e. The molecule has 12 heteroatoms. The largest absolute Gasteiger partial charge is 0.477 e. The predicted molar refractivity (Wildman–Crippen MR) is 117 cm³/mol. The Morgan fingerprint density at radius 1 is 1.09 bits per heavy atom. The van der Waals surface area contributed by atoms with Gasteiger partial charge in [-0.1, -0.05) is 23.5 Å². The highest BCUT2D eigenvalue weighted by atomic mass is 32.1. The zero-order chi connectivity index (χ0) is 23.4. The molecule has 0 radical (unpaired) electrons. The number of thiazole rings is 2. The van der Waals surface area contributed by atoms with E-state index in [0.717, 1.165) is 21.9 Å². The van der Waals surface area contributed by atoms with Crippen molar-refractivity contribution >= 4 is 45.8 Å². The van der Waals surface area contributed by atoms with Gasteiger partial charge >= 0.3 is 18.0 Å². The first-order valence-electron chi connectivity index (χ1n) is 9.33. The Hall–Kier alpha value is -3.38. The van der Waals surface area contributed by atoms with Crippen LogP contribution >= 0.6 is 22.7 Å². The molecule has 9 nitrogen and oxygen atoms in total. The molecule has 32 heavy (non-hydrogen) atoms. The molecule has 2 aromatic heterocycles. The predicted octanol–water partition coefficient (Wildman–Crippen LogP) is 3.88. The highest BCUT2D eigenvalue weighted by Crippen LogP contribution is 2.29. The minimum absolute atomic E-state index is 0.143. The molecule has 3 aromatic rings. The molecular formula is C20H19FN4O5S2. The van der Waals surface area contributed by atoms with Crippen LogP contribution in [0.5, 0.6) is 0 Å². The van der Waals surface area contributed by atoms with E-state index in [1.807, 2.05) is 0 Å². The van der Waals surface area contributed by atoms with Gasteiger partial charge in [0.25, 0.3) is 0 Å². The van der Waals surface area contributed by atoms with Crippen molar-refractivity contribution < 1.29 is 29.0 Å². The summed E-state index contributed by atoms with van der Waals surface area (Å²) >= 11 is 2.18. The molecule has 2 N–H and O–H groups in total. The molecule has 4 rings (SSSR count). The summed E-state index contributed by atoms with van der Waals surface area (Å²) < 4.78 is 12.9. The molecule has 3 heterocycles. The minimum atomic E-state index is -1.04. The van der Waals surface area contributed by atoms with Gasteiger partial charge in [0.1, 0.15) is 15.6 Å². The summed E-state index contributed by atoms with van der Waals surface area (Å²) in [5, 5.41) is 18.6. The van der Waals surface area contributed by atoms with Crippen molar-refractivity contribution in [1.82, 2.24) is 14.9 Å². The number of hydrogen-bond acceptors (Lipinski definition) is 7. The third-order valence-corrected chi connectivity index (χ3v) is 6.49. The van der Waals surface area contributed by atoms with Gasteiger partial charge in [-0.2, -0.15) is 0 Å². The van der Waals surface area contributed by atoms with E-state index in [2.05, 4.69) is 9.97 Å². The smallest absolute Gasteiger partial charge is 0.347 e. The normalized spacial score (nSPS) is 13.2. The van der Waals surface area contributed by atoms with Gasteiger partial charge in [0.15, 0.2) is 5.13 Å². The maximum absolute atomic E-state index is 12.9. The number of amides is 2. The molecule has 0 saturated carbocycles. The molecule has 0 bridgehead atoms. The van der Waals surface area contributed by atoms with Gasteiger partial charge in [0.05, 0.1) is 16.9 Å². The number of anilines is 1. The zero-order valence-electron chi connectivity index (χ0n) is 17.1. The summed E-state index contributed by atoms with van der Waals surface area (Å²) in [6, 6.07) is 5.77. The summed E-state index contributed by atoms with van der Waals surface area (Å²) in [7, 11) is 0. The van der Waals surface area contributed by atoms with Crippen LogP contribution in [0.25, 0.3) is 0 Å². The van der Waals surface area contributed by atoms with E-state index in [-0.39, 0.29) is 16.7 Å². The number of aromatic carboxylic acids is 2. The van der Waals surface area contributed by atoms with Crippen molar-refractivity contribution in [1.29, 1.82) is 0 Å². The van der Waals surface area contributed by atoms with Crippen LogP contribution in [0.4, 0.5) is 14.3 Å². The number of benzene rings is 1. The fourth-order valence-electron chi connectivity index (χ4n) is 2.87.